The van der Waals surface area contributed by atoms with Gasteiger partial charge in [0.2, 0.25) is 0 Å². The smallest absolute Gasteiger partial charge is 0.326 e. The van der Waals surface area contributed by atoms with Crippen molar-refractivity contribution in [2.75, 3.05) is 0 Å². The molecule has 0 aliphatic carbocycles. The highest BCUT2D eigenvalue weighted by molar-refractivity contribution is 6.14. The average Bonchev–Trinajstić information content (AvgIpc) is 3.54. The molecule has 0 saturated carbocycles. The van der Waals surface area contributed by atoms with Crippen molar-refractivity contribution in [3.05, 3.63) is 143 Å². The van der Waals surface area contributed by atoms with Gasteiger partial charge in [-0.05, 0) is 58.7 Å². The van der Waals surface area contributed by atoms with E-state index in [0.717, 1.165) is 33.8 Å². The van der Waals surface area contributed by atoms with Crippen LogP contribution in [0.4, 0.5) is 9.59 Å². The maximum absolute atomic E-state index is 11.4. The molecule has 2 aliphatic rings. The molecule has 0 radical (unpaired) electrons. The first kappa shape index (κ1) is 29.3. The van der Waals surface area contributed by atoms with Gasteiger partial charge in [0.15, 0.2) is 0 Å². The van der Waals surface area contributed by atoms with Crippen LogP contribution in [0.5, 0.6) is 11.5 Å². The normalized spacial score (nSPS) is 15.5. The second kappa shape index (κ2) is 14.1. The summed E-state index contributed by atoms with van der Waals surface area (Å²) in [5.41, 5.74) is 4.28. The number of hydrogen-bond donors (Lipinski definition) is 4. The summed E-state index contributed by atoms with van der Waals surface area (Å²) in [6.07, 6.45) is 3.22. The number of hydrogen-bond acceptors (Lipinski definition) is 6. The minimum absolute atomic E-state index is 0.239. The predicted molar refractivity (Wildman–Crippen MR) is 164 cm³/mol. The van der Waals surface area contributed by atoms with Gasteiger partial charge in [0.25, 0.3) is 11.8 Å². The molecule has 4 aromatic carbocycles. The molecule has 44 heavy (non-hydrogen) atoms. The van der Waals surface area contributed by atoms with Crippen LogP contribution in [-0.2, 0) is 22.8 Å². The van der Waals surface area contributed by atoms with Gasteiger partial charge in [-0.2, -0.15) is 0 Å². The highest BCUT2D eigenvalue weighted by Gasteiger charge is 2.23. The lowest BCUT2D eigenvalue weighted by atomic mass is 10.2. The molecule has 0 atom stereocenters. The Labute approximate surface area is 253 Å². The van der Waals surface area contributed by atoms with Crippen molar-refractivity contribution in [1.82, 2.24) is 21.3 Å². The third-order valence-electron chi connectivity index (χ3n) is 6.32. The van der Waals surface area contributed by atoms with Crippen molar-refractivity contribution in [3.8, 4) is 11.5 Å². The Morgan fingerprint density at radius 1 is 0.455 bits per heavy atom. The molecule has 6 rings (SSSR count). The van der Waals surface area contributed by atoms with E-state index >= 15 is 0 Å². The quantitative estimate of drug-likeness (QED) is 0.171. The number of carbonyl (C=O) groups is 4. The van der Waals surface area contributed by atoms with Crippen molar-refractivity contribution >= 4 is 36.0 Å². The third-order valence-corrected chi connectivity index (χ3v) is 6.32. The Hall–Kier alpha value is -6.16. The Morgan fingerprint density at radius 3 is 1.14 bits per heavy atom. The summed E-state index contributed by atoms with van der Waals surface area (Å²) in [6.45, 7) is 0.999. The maximum Gasteiger partial charge on any atom is 0.326 e. The SMILES string of the molecule is O=C1NC(=O)/C(=C/c2ccc(OCc3ccccc3)cc2)N1.O=C1NC(=O)/C(=C/c2ccc(OCc3ccccc3)cc2)N1. The van der Waals surface area contributed by atoms with Crippen LogP contribution >= 0.6 is 0 Å². The fraction of sp³-hybridized carbons (Fsp3) is 0.0588. The molecule has 4 aromatic rings. The summed E-state index contributed by atoms with van der Waals surface area (Å²) in [6, 6.07) is 33.4. The monoisotopic (exact) mass is 588 g/mol. The summed E-state index contributed by atoms with van der Waals surface area (Å²) in [5.74, 6) is 0.639. The fourth-order valence-corrected chi connectivity index (χ4v) is 4.10. The van der Waals surface area contributed by atoms with Crippen LogP contribution in [0, 0.1) is 0 Å². The van der Waals surface area contributed by atoms with Crippen molar-refractivity contribution in [2.24, 2.45) is 0 Å². The molecule has 10 heteroatoms. The minimum atomic E-state index is -0.501. The molecule has 2 saturated heterocycles. The van der Waals surface area contributed by atoms with Gasteiger partial charge >= 0.3 is 12.1 Å². The van der Waals surface area contributed by atoms with Gasteiger partial charge in [0.05, 0.1) is 0 Å². The van der Waals surface area contributed by atoms with E-state index in [2.05, 4.69) is 21.3 Å². The minimum Gasteiger partial charge on any atom is -0.489 e. The van der Waals surface area contributed by atoms with Gasteiger partial charge < -0.3 is 20.1 Å². The third kappa shape index (κ3) is 8.43. The van der Waals surface area contributed by atoms with E-state index in [-0.39, 0.29) is 11.4 Å². The first-order valence-electron chi connectivity index (χ1n) is 13.6. The van der Waals surface area contributed by atoms with E-state index < -0.39 is 23.9 Å². The van der Waals surface area contributed by atoms with E-state index in [1.165, 1.54) is 0 Å². The standard InChI is InChI=1S/2C17H14N2O3/c2*20-16-15(18-17(21)19-16)10-12-6-8-14(9-7-12)22-11-13-4-2-1-3-5-13/h2*1-10H,11H2,(H2,18,19,20,21)/b2*15-10-. The summed E-state index contributed by atoms with van der Waals surface area (Å²) in [7, 11) is 0. The molecule has 2 aliphatic heterocycles. The number of amides is 6. The zero-order valence-electron chi connectivity index (χ0n) is 23.4. The predicted octanol–water partition coefficient (Wildman–Crippen LogP) is 4.89. The van der Waals surface area contributed by atoms with Crippen LogP contribution in [-0.4, -0.2) is 23.9 Å². The summed E-state index contributed by atoms with van der Waals surface area (Å²) < 4.78 is 11.4. The van der Waals surface area contributed by atoms with Crippen molar-refractivity contribution in [2.45, 2.75) is 13.2 Å². The summed E-state index contributed by atoms with van der Waals surface area (Å²) in [5, 5.41) is 9.20. The first-order valence-corrected chi connectivity index (χ1v) is 13.6. The number of nitrogens with one attached hydrogen (secondary N) is 4. The lowest BCUT2D eigenvalue weighted by Gasteiger charge is -2.06. The van der Waals surface area contributed by atoms with Gasteiger partial charge in [0.1, 0.15) is 36.1 Å². The Balaban J connectivity index is 0.000000175. The second-order valence-electron chi connectivity index (χ2n) is 9.62. The molecule has 0 aromatic heterocycles. The zero-order chi connectivity index (χ0) is 30.7. The van der Waals surface area contributed by atoms with Crippen LogP contribution in [0.15, 0.2) is 121 Å². The first-order chi connectivity index (χ1) is 21.4. The molecule has 0 spiro atoms. The molecule has 4 N–H and O–H groups in total. The van der Waals surface area contributed by atoms with Gasteiger partial charge in [-0.1, -0.05) is 84.9 Å². The Bertz CT molecular complexity index is 1570. The van der Waals surface area contributed by atoms with Crippen LogP contribution in [0.2, 0.25) is 0 Å². The molecule has 6 amide bonds. The zero-order valence-corrected chi connectivity index (χ0v) is 23.4. The lowest BCUT2D eigenvalue weighted by Crippen LogP contribution is -2.22. The molecule has 0 bridgehead atoms. The second-order valence-corrected chi connectivity index (χ2v) is 9.62. The lowest BCUT2D eigenvalue weighted by molar-refractivity contribution is -0.116. The van der Waals surface area contributed by atoms with Crippen LogP contribution < -0.4 is 30.7 Å². The average molecular weight is 589 g/mol. The topological polar surface area (TPSA) is 135 Å². The molecule has 0 unspecified atom stereocenters. The molecular weight excluding hydrogens is 560 g/mol. The number of urea groups is 2. The molecular formula is C34H28N4O6. The van der Waals surface area contributed by atoms with E-state index in [9.17, 15) is 19.2 Å². The largest absolute Gasteiger partial charge is 0.489 e. The van der Waals surface area contributed by atoms with Gasteiger partial charge in [0, 0.05) is 0 Å². The van der Waals surface area contributed by atoms with E-state index in [1.807, 2.05) is 109 Å². The Kier molecular flexibility index (Phi) is 9.43. The number of carbonyl (C=O) groups excluding carboxylic acids is 4. The van der Waals surface area contributed by atoms with Crippen molar-refractivity contribution < 1.29 is 28.7 Å². The van der Waals surface area contributed by atoms with E-state index in [4.69, 9.17) is 9.47 Å². The van der Waals surface area contributed by atoms with Crippen LogP contribution in [0.3, 0.4) is 0 Å². The maximum atomic E-state index is 11.4. The number of ether oxygens (including phenoxy) is 2. The van der Waals surface area contributed by atoms with Crippen LogP contribution in [0.1, 0.15) is 22.3 Å². The highest BCUT2D eigenvalue weighted by atomic mass is 16.5. The van der Waals surface area contributed by atoms with Gasteiger partial charge in [-0.3, -0.25) is 20.2 Å². The van der Waals surface area contributed by atoms with Crippen molar-refractivity contribution in [1.29, 1.82) is 0 Å². The number of benzene rings is 4. The summed E-state index contributed by atoms with van der Waals surface area (Å²) in [4.78, 5) is 44.9. The molecule has 10 nitrogen and oxygen atoms in total. The van der Waals surface area contributed by atoms with Gasteiger partial charge in [-0.25, -0.2) is 9.59 Å². The van der Waals surface area contributed by atoms with Crippen molar-refractivity contribution in [3.63, 3.8) is 0 Å². The highest BCUT2D eigenvalue weighted by Crippen LogP contribution is 2.18. The molecule has 2 heterocycles. The Morgan fingerprint density at radius 2 is 0.818 bits per heavy atom. The fourth-order valence-electron chi connectivity index (χ4n) is 4.10. The van der Waals surface area contributed by atoms with E-state index in [1.54, 1.807) is 12.2 Å². The number of rotatable bonds is 8. The van der Waals surface area contributed by atoms with Gasteiger partial charge in [-0.15, -0.1) is 0 Å². The summed E-state index contributed by atoms with van der Waals surface area (Å²) >= 11 is 0. The number of imide groups is 2. The van der Waals surface area contributed by atoms with E-state index in [0.29, 0.717) is 13.2 Å². The molecule has 220 valence electrons. The van der Waals surface area contributed by atoms with Crippen LogP contribution in [0.25, 0.3) is 12.2 Å². The molecule has 2 fully saturated rings.